The molecule has 2 aliphatic heterocycles. The first-order chi connectivity index (χ1) is 18.5. The highest BCUT2D eigenvalue weighted by molar-refractivity contribution is 6.04. The molecule has 0 aliphatic carbocycles. The van der Waals surface area contributed by atoms with Crippen molar-refractivity contribution in [3.63, 3.8) is 0 Å². The lowest BCUT2D eigenvalue weighted by Gasteiger charge is -2.25. The molecule has 38 heavy (non-hydrogen) atoms. The molecule has 0 radical (unpaired) electrons. The second kappa shape index (κ2) is 11.5. The first-order valence-corrected chi connectivity index (χ1v) is 13.2. The number of hydrogen-bond acceptors (Lipinski definition) is 4. The molecule has 0 fully saturated rings. The van der Waals surface area contributed by atoms with Crippen molar-refractivity contribution in [2.75, 3.05) is 23.8 Å². The molecule has 5 rings (SSSR count). The molecule has 6 heteroatoms. The van der Waals surface area contributed by atoms with Crippen LogP contribution in [0.25, 0.3) is 0 Å². The molecule has 2 amide bonds. The van der Waals surface area contributed by atoms with Crippen molar-refractivity contribution in [1.29, 1.82) is 0 Å². The maximum Gasteiger partial charge on any atom is 0.255 e. The Morgan fingerprint density at radius 3 is 2.45 bits per heavy atom. The van der Waals surface area contributed by atoms with Crippen LogP contribution in [0.1, 0.15) is 50.8 Å². The summed E-state index contributed by atoms with van der Waals surface area (Å²) in [5.74, 6) is 0.164. The van der Waals surface area contributed by atoms with Crippen LogP contribution < -0.4 is 15.5 Å². The molecule has 6 nitrogen and oxygen atoms in total. The van der Waals surface area contributed by atoms with Crippen LogP contribution in [0.4, 0.5) is 11.4 Å². The SMILES string of the molecule is CCC1C=CN(c2ccc(C(=O)NCc3cccc(C(=O)Nc4ccc5c(c4)CN(C)CC5)c3)cc2)C=C1. The molecule has 3 aromatic rings. The number of benzene rings is 3. The fraction of sp³-hybridized carbons (Fsp3) is 0.250. The number of anilines is 2. The summed E-state index contributed by atoms with van der Waals surface area (Å²) in [5, 5.41) is 5.99. The number of carbonyl (C=O) groups excluding carboxylic acids is 2. The van der Waals surface area contributed by atoms with Crippen LogP contribution in [-0.2, 0) is 19.5 Å². The molecular weight excluding hydrogens is 472 g/mol. The van der Waals surface area contributed by atoms with Gasteiger partial charge in [-0.25, -0.2) is 0 Å². The first-order valence-electron chi connectivity index (χ1n) is 13.2. The molecule has 0 saturated carbocycles. The Morgan fingerprint density at radius 1 is 0.895 bits per heavy atom. The van der Waals surface area contributed by atoms with E-state index in [4.69, 9.17) is 0 Å². The van der Waals surface area contributed by atoms with Gasteiger partial charge in [0.2, 0.25) is 0 Å². The predicted octanol–water partition coefficient (Wildman–Crippen LogP) is 5.73. The molecule has 0 aromatic heterocycles. The normalized spacial score (nSPS) is 15.3. The second-order valence-corrected chi connectivity index (χ2v) is 10.0. The van der Waals surface area contributed by atoms with Crippen molar-refractivity contribution < 1.29 is 9.59 Å². The topological polar surface area (TPSA) is 64.7 Å². The van der Waals surface area contributed by atoms with Gasteiger partial charge in [-0.2, -0.15) is 0 Å². The average Bonchev–Trinajstić information content (AvgIpc) is 2.96. The Labute approximate surface area is 224 Å². The minimum Gasteiger partial charge on any atom is -0.348 e. The van der Waals surface area contributed by atoms with E-state index in [-0.39, 0.29) is 11.8 Å². The Balaban J connectivity index is 1.17. The third-order valence-electron chi connectivity index (χ3n) is 7.20. The van der Waals surface area contributed by atoms with Crippen LogP contribution in [0.5, 0.6) is 0 Å². The third kappa shape index (κ3) is 6.03. The van der Waals surface area contributed by atoms with E-state index in [0.29, 0.717) is 23.6 Å². The lowest BCUT2D eigenvalue weighted by atomic mass is 9.99. The molecule has 0 unspecified atom stereocenters. The van der Waals surface area contributed by atoms with Crippen molar-refractivity contribution in [2.45, 2.75) is 32.9 Å². The summed E-state index contributed by atoms with van der Waals surface area (Å²) in [6.45, 7) is 4.45. The first kappa shape index (κ1) is 25.5. The summed E-state index contributed by atoms with van der Waals surface area (Å²) in [6, 6.07) is 21.1. The van der Waals surface area contributed by atoms with E-state index in [2.05, 4.69) is 66.2 Å². The Morgan fingerprint density at radius 2 is 1.68 bits per heavy atom. The number of amides is 2. The van der Waals surface area contributed by atoms with E-state index in [0.717, 1.165) is 42.9 Å². The lowest BCUT2D eigenvalue weighted by molar-refractivity contribution is 0.0950. The zero-order valence-corrected chi connectivity index (χ0v) is 22.0. The summed E-state index contributed by atoms with van der Waals surface area (Å²) in [4.78, 5) is 30.0. The van der Waals surface area contributed by atoms with Gasteiger partial charge in [0.1, 0.15) is 0 Å². The quantitative estimate of drug-likeness (QED) is 0.430. The van der Waals surface area contributed by atoms with E-state index in [1.807, 2.05) is 53.4 Å². The van der Waals surface area contributed by atoms with Gasteiger partial charge in [-0.15, -0.1) is 0 Å². The largest absolute Gasteiger partial charge is 0.348 e. The summed E-state index contributed by atoms with van der Waals surface area (Å²) in [5.41, 5.74) is 6.43. The highest BCUT2D eigenvalue weighted by Crippen LogP contribution is 2.23. The maximum atomic E-state index is 12.9. The Bertz CT molecular complexity index is 1360. The Hall–Kier alpha value is -4.16. The van der Waals surface area contributed by atoms with E-state index in [9.17, 15) is 9.59 Å². The third-order valence-corrected chi connectivity index (χ3v) is 7.20. The maximum absolute atomic E-state index is 12.9. The summed E-state index contributed by atoms with van der Waals surface area (Å²) in [7, 11) is 2.11. The van der Waals surface area contributed by atoms with Gasteiger partial charge in [0.15, 0.2) is 0 Å². The lowest BCUT2D eigenvalue weighted by Crippen LogP contribution is -2.26. The van der Waals surface area contributed by atoms with Gasteiger partial charge >= 0.3 is 0 Å². The van der Waals surface area contributed by atoms with Gasteiger partial charge in [-0.05, 0) is 91.0 Å². The van der Waals surface area contributed by atoms with Crippen molar-refractivity contribution >= 4 is 23.2 Å². The van der Waals surface area contributed by atoms with Crippen molar-refractivity contribution in [3.8, 4) is 0 Å². The number of rotatable bonds is 7. The van der Waals surface area contributed by atoms with Gasteiger partial charge in [0.05, 0.1) is 0 Å². The molecule has 0 saturated heterocycles. The molecular formula is C32H34N4O2. The zero-order valence-electron chi connectivity index (χ0n) is 22.0. The number of hydrogen-bond donors (Lipinski definition) is 2. The van der Waals surface area contributed by atoms with Crippen molar-refractivity contribution in [2.24, 2.45) is 5.92 Å². The van der Waals surface area contributed by atoms with Crippen molar-refractivity contribution in [3.05, 3.63) is 119 Å². The number of fused-ring (bicyclic) bond motifs is 1. The standard InChI is InChI=1S/C32H34N4O2/c1-3-23-13-17-36(18-14-23)30-11-8-26(9-12-30)31(37)33-21-24-5-4-6-27(19-24)32(38)34-29-10-7-25-15-16-35(2)22-28(25)20-29/h4-14,17-20,23H,3,15-16,21-22H2,1-2H3,(H,33,37)(H,34,38). The molecule has 0 atom stereocenters. The van der Waals surface area contributed by atoms with Crippen LogP contribution in [0.3, 0.4) is 0 Å². The molecule has 3 aromatic carbocycles. The zero-order chi connectivity index (χ0) is 26.5. The fourth-order valence-corrected chi connectivity index (χ4v) is 4.84. The van der Waals surface area contributed by atoms with Crippen LogP contribution in [-0.4, -0.2) is 30.3 Å². The van der Waals surface area contributed by atoms with Gasteiger partial charge in [0, 0.05) is 54.5 Å². The van der Waals surface area contributed by atoms with Crippen LogP contribution >= 0.6 is 0 Å². The molecule has 0 bridgehead atoms. The molecule has 0 spiro atoms. The minimum atomic E-state index is -0.163. The monoisotopic (exact) mass is 506 g/mol. The summed E-state index contributed by atoms with van der Waals surface area (Å²) < 4.78 is 0. The summed E-state index contributed by atoms with van der Waals surface area (Å²) in [6.07, 6.45) is 10.6. The van der Waals surface area contributed by atoms with Crippen molar-refractivity contribution in [1.82, 2.24) is 10.2 Å². The van der Waals surface area contributed by atoms with Crippen LogP contribution in [0, 0.1) is 5.92 Å². The highest BCUT2D eigenvalue weighted by Gasteiger charge is 2.15. The molecule has 2 aliphatic rings. The van der Waals surface area contributed by atoms with Gasteiger partial charge in [-0.3, -0.25) is 9.59 Å². The van der Waals surface area contributed by atoms with Crippen LogP contribution in [0.2, 0.25) is 0 Å². The number of nitrogens with one attached hydrogen (secondary N) is 2. The number of allylic oxidation sites excluding steroid dienone is 2. The van der Waals surface area contributed by atoms with Gasteiger partial charge in [-0.1, -0.05) is 37.3 Å². The number of carbonyl (C=O) groups is 2. The molecule has 2 heterocycles. The summed E-state index contributed by atoms with van der Waals surface area (Å²) >= 11 is 0. The highest BCUT2D eigenvalue weighted by atomic mass is 16.2. The smallest absolute Gasteiger partial charge is 0.255 e. The fourth-order valence-electron chi connectivity index (χ4n) is 4.84. The van der Waals surface area contributed by atoms with E-state index in [1.165, 1.54) is 11.1 Å². The molecule has 194 valence electrons. The van der Waals surface area contributed by atoms with E-state index < -0.39 is 0 Å². The number of nitrogens with zero attached hydrogens (tertiary/aromatic N) is 2. The van der Waals surface area contributed by atoms with Gasteiger partial charge < -0.3 is 20.4 Å². The second-order valence-electron chi connectivity index (χ2n) is 10.0. The van der Waals surface area contributed by atoms with E-state index in [1.54, 1.807) is 6.07 Å². The minimum absolute atomic E-state index is 0.152. The van der Waals surface area contributed by atoms with Gasteiger partial charge in [0.25, 0.3) is 11.8 Å². The molecule has 2 N–H and O–H groups in total. The Kier molecular flexibility index (Phi) is 7.70. The number of likely N-dealkylation sites (N-methyl/N-ethyl adjacent to an activating group) is 1. The average molecular weight is 507 g/mol. The van der Waals surface area contributed by atoms with Crippen LogP contribution in [0.15, 0.2) is 91.3 Å². The predicted molar refractivity (Wildman–Crippen MR) is 153 cm³/mol. The van der Waals surface area contributed by atoms with E-state index >= 15 is 0 Å².